The van der Waals surface area contributed by atoms with Crippen LogP contribution < -0.4 is 0 Å². The van der Waals surface area contributed by atoms with Crippen LogP contribution in [-0.4, -0.2) is 26.4 Å². The molecule has 2 fully saturated rings. The summed E-state index contributed by atoms with van der Waals surface area (Å²) in [5.74, 6) is 3.61. The predicted molar refractivity (Wildman–Crippen MR) is 74.6 cm³/mol. The van der Waals surface area contributed by atoms with E-state index in [4.69, 9.17) is 9.47 Å². The molecule has 0 aliphatic carbocycles. The Morgan fingerprint density at radius 3 is 1.39 bits per heavy atom. The fraction of sp³-hybridized carbons (Fsp3) is 1.00. The molecule has 2 heterocycles. The molecule has 2 aliphatic heterocycles. The first-order valence-corrected chi connectivity index (χ1v) is 7.93. The maximum atomic E-state index is 5.46. The van der Waals surface area contributed by atoms with Gasteiger partial charge in [-0.25, -0.2) is 0 Å². The van der Waals surface area contributed by atoms with Crippen molar-refractivity contribution in [1.82, 2.24) is 0 Å². The number of rotatable bonds is 5. The lowest BCUT2D eigenvalue weighted by Gasteiger charge is -2.31. The molecular weight excluding hydrogens is 224 g/mol. The second kappa shape index (κ2) is 7.49. The van der Waals surface area contributed by atoms with E-state index >= 15 is 0 Å². The molecule has 106 valence electrons. The molecule has 2 nitrogen and oxygen atoms in total. The van der Waals surface area contributed by atoms with Gasteiger partial charge in [0, 0.05) is 26.4 Å². The summed E-state index contributed by atoms with van der Waals surface area (Å²) in [6.45, 7) is 8.86. The van der Waals surface area contributed by atoms with Crippen molar-refractivity contribution in [2.45, 2.75) is 52.4 Å². The molecule has 0 saturated carbocycles. The molecule has 0 aromatic carbocycles. The van der Waals surface area contributed by atoms with Crippen LogP contribution in [0.5, 0.6) is 0 Å². The lowest BCUT2D eigenvalue weighted by Crippen LogP contribution is -2.24. The quantitative estimate of drug-likeness (QED) is 0.741. The van der Waals surface area contributed by atoms with Gasteiger partial charge in [-0.05, 0) is 49.4 Å². The number of ether oxygens (including phenoxy) is 2. The molecule has 18 heavy (non-hydrogen) atoms. The van der Waals surface area contributed by atoms with Gasteiger partial charge in [0.1, 0.15) is 0 Å². The zero-order valence-electron chi connectivity index (χ0n) is 12.2. The van der Waals surface area contributed by atoms with E-state index in [2.05, 4.69) is 13.8 Å². The van der Waals surface area contributed by atoms with Crippen molar-refractivity contribution in [3.63, 3.8) is 0 Å². The van der Waals surface area contributed by atoms with Crippen LogP contribution in [0.25, 0.3) is 0 Å². The van der Waals surface area contributed by atoms with Gasteiger partial charge in [0.15, 0.2) is 0 Å². The maximum absolute atomic E-state index is 5.46. The second-order valence-corrected chi connectivity index (χ2v) is 6.43. The highest BCUT2D eigenvalue weighted by molar-refractivity contribution is 4.74. The summed E-state index contributed by atoms with van der Waals surface area (Å²) in [7, 11) is 0. The van der Waals surface area contributed by atoms with E-state index in [9.17, 15) is 0 Å². The highest BCUT2D eigenvalue weighted by atomic mass is 16.5. The highest BCUT2D eigenvalue weighted by Crippen LogP contribution is 2.32. The fourth-order valence-corrected chi connectivity index (χ4v) is 3.57. The molecular formula is C16H30O2. The Bertz CT molecular complexity index is 193. The molecule has 0 N–H and O–H groups in total. The van der Waals surface area contributed by atoms with Gasteiger partial charge in [-0.1, -0.05) is 26.7 Å². The van der Waals surface area contributed by atoms with Gasteiger partial charge in [0.2, 0.25) is 0 Å². The summed E-state index contributed by atoms with van der Waals surface area (Å²) in [5, 5.41) is 0. The average molecular weight is 254 g/mol. The molecule has 0 aromatic heterocycles. The Balaban J connectivity index is 1.66. The monoisotopic (exact) mass is 254 g/mol. The minimum Gasteiger partial charge on any atom is -0.381 e. The van der Waals surface area contributed by atoms with Crippen LogP contribution in [0.15, 0.2) is 0 Å². The lowest BCUT2D eigenvalue weighted by atomic mass is 9.79. The number of hydrogen-bond donors (Lipinski definition) is 0. The van der Waals surface area contributed by atoms with Gasteiger partial charge in [-0.2, -0.15) is 0 Å². The van der Waals surface area contributed by atoms with Crippen LogP contribution in [-0.2, 0) is 9.47 Å². The SMILES string of the molecule is CC(CCC(C)C1CCOCC1)C1CCOCC1. The van der Waals surface area contributed by atoms with Gasteiger partial charge in [-0.15, -0.1) is 0 Å². The van der Waals surface area contributed by atoms with Crippen molar-refractivity contribution in [3.8, 4) is 0 Å². The summed E-state index contributed by atoms with van der Waals surface area (Å²) in [4.78, 5) is 0. The van der Waals surface area contributed by atoms with Crippen LogP contribution in [0.4, 0.5) is 0 Å². The van der Waals surface area contributed by atoms with Crippen molar-refractivity contribution in [2.75, 3.05) is 26.4 Å². The van der Waals surface area contributed by atoms with Crippen LogP contribution in [0.3, 0.4) is 0 Å². The molecule has 2 heteroatoms. The molecule has 0 radical (unpaired) electrons. The Morgan fingerprint density at radius 1 is 0.722 bits per heavy atom. The lowest BCUT2D eigenvalue weighted by molar-refractivity contribution is 0.0382. The molecule has 0 aromatic rings. The maximum Gasteiger partial charge on any atom is 0.0468 e. The van der Waals surface area contributed by atoms with Crippen molar-refractivity contribution < 1.29 is 9.47 Å². The number of hydrogen-bond acceptors (Lipinski definition) is 2. The van der Waals surface area contributed by atoms with E-state index in [1.807, 2.05) is 0 Å². The summed E-state index contributed by atoms with van der Waals surface area (Å²) >= 11 is 0. The normalized spacial score (nSPS) is 27.0. The van der Waals surface area contributed by atoms with E-state index in [0.717, 1.165) is 50.1 Å². The first-order chi connectivity index (χ1) is 8.77. The standard InChI is InChI=1S/C16H30O2/c1-13(15-5-9-17-10-6-15)3-4-14(2)16-7-11-18-12-8-16/h13-16H,3-12H2,1-2H3. The van der Waals surface area contributed by atoms with Gasteiger partial charge < -0.3 is 9.47 Å². The zero-order chi connectivity index (χ0) is 12.8. The molecule has 2 unspecified atom stereocenters. The van der Waals surface area contributed by atoms with Crippen LogP contribution in [0, 0.1) is 23.7 Å². The Morgan fingerprint density at radius 2 is 1.06 bits per heavy atom. The van der Waals surface area contributed by atoms with Crippen LogP contribution >= 0.6 is 0 Å². The van der Waals surface area contributed by atoms with Gasteiger partial charge >= 0.3 is 0 Å². The Hall–Kier alpha value is -0.0800. The third kappa shape index (κ3) is 4.24. The van der Waals surface area contributed by atoms with Crippen LogP contribution in [0.1, 0.15) is 52.4 Å². The first-order valence-electron chi connectivity index (χ1n) is 7.93. The molecule has 2 atom stereocenters. The van der Waals surface area contributed by atoms with Gasteiger partial charge in [0.05, 0.1) is 0 Å². The van der Waals surface area contributed by atoms with Crippen molar-refractivity contribution in [1.29, 1.82) is 0 Å². The minimum absolute atomic E-state index is 0.885. The third-order valence-electron chi connectivity index (χ3n) is 5.22. The van der Waals surface area contributed by atoms with E-state index < -0.39 is 0 Å². The molecule has 2 saturated heterocycles. The average Bonchev–Trinajstić information content (AvgIpc) is 2.46. The summed E-state index contributed by atoms with van der Waals surface area (Å²) in [5.41, 5.74) is 0. The molecule has 2 aliphatic rings. The first kappa shape index (κ1) is 14.3. The topological polar surface area (TPSA) is 18.5 Å². The zero-order valence-corrected chi connectivity index (χ0v) is 12.2. The van der Waals surface area contributed by atoms with E-state index in [1.54, 1.807) is 0 Å². The van der Waals surface area contributed by atoms with Gasteiger partial charge in [0.25, 0.3) is 0 Å². The molecule has 2 rings (SSSR count). The fourth-order valence-electron chi connectivity index (χ4n) is 3.57. The Kier molecular flexibility index (Phi) is 5.97. The van der Waals surface area contributed by atoms with Crippen molar-refractivity contribution >= 4 is 0 Å². The summed E-state index contributed by atoms with van der Waals surface area (Å²) in [6, 6.07) is 0. The van der Waals surface area contributed by atoms with E-state index in [-0.39, 0.29) is 0 Å². The Labute approximate surface area is 112 Å². The summed E-state index contributed by atoms with van der Waals surface area (Å²) in [6.07, 6.45) is 7.95. The molecule has 0 spiro atoms. The van der Waals surface area contributed by atoms with Crippen LogP contribution in [0.2, 0.25) is 0 Å². The van der Waals surface area contributed by atoms with Crippen molar-refractivity contribution in [3.05, 3.63) is 0 Å². The smallest absolute Gasteiger partial charge is 0.0468 e. The molecule has 0 amide bonds. The largest absolute Gasteiger partial charge is 0.381 e. The second-order valence-electron chi connectivity index (χ2n) is 6.43. The molecule has 0 bridgehead atoms. The van der Waals surface area contributed by atoms with Crippen molar-refractivity contribution in [2.24, 2.45) is 23.7 Å². The highest BCUT2D eigenvalue weighted by Gasteiger charge is 2.24. The van der Waals surface area contributed by atoms with E-state index in [1.165, 1.54) is 38.5 Å². The van der Waals surface area contributed by atoms with Gasteiger partial charge in [-0.3, -0.25) is 0 Å². The third-order valence-corrected chi connectivity index (χ3v) is 5.22. The van der Waals surface area contributed by atoms with E-state index in [0.29, 0.717) is 0 Å². The minimum atomic E-state index is 0.885. The predicted octanol–water partition coefficient (Wildman–Crippen LogP) is 3.89. The summed E-state index contributed by atoms with van der Waals surface area (Å²) < 4.78 is 10.9.